The molecule has 20 heavy (non-hydrogen) atoms. The van der Waals surface area contributed by atoms with Crippen LogP contribution < -0.4 is 5.32 Å². The normalized spacial score (nSPS) is 11.5. The molecule has 0 aromatic heterocycles. The molecule has 2 rings (SSSR count). The molecule has 0 radical (unpaired) electrons. The molecule has 102 valence electrons. The zero-order valence-corrected chi connectivity index (χ0v) is 12.7. The fourth-order valence-electron chi connectivity index (χ4n) is 1.82. The van der Waals surface area contributed by atoms with Crippen LogP contribution in [-0.2, 0) is 0 Å². The molecule has 2 heteroatoms. The van der Waals surface area contributed by atoms with Gasteiger partial charge in [0.2, 0.25) is 0 Å². The van der Waals surface area contributed by atoms with E-state index in [1.807, 2.05) is 37.4 Å². The van der Waals surface area contributed by atoms with Crippen LogP contribution in [0.5, 0.6) is 0 Å². The molecule has 1 atom stereocenters. The Hall–Kier alpha value is -1.69. The molecule has 0 aliphatic carbocycles. The molecule has 0 saturated heterocycles. The van der Waals surface area contributed by atoms with Gasteiger partial charge in [-0.2, -0.15) is 0 Å². The van der Waals surface area contributed by atoms with Crippen molar-refractivity contribution in [2.75, 3.05) is 12.8 Å². The van der Waals surface area contributed by atoms with Gasteiger partial charge in [0.25, 0.3) is 0 Å². The first kappa shape index (κ1) is 14.7. The lowest BCUT2D eigenvalue weighted by atomic mass is 10.1. The minimum Gasteiger partial charge on any atom is -0.313 e. The van der Waals surface area contributed by atoms with Crippen molar-refractivity contribution in [3.63, 3.8) is 0 Å². The van der Waals surface area contributed by atoms with E-state index in [0.29, 0.717) is 6.04 Å². The fourth-order valence-corrected chi connectivity index (χ4v) is 2.52. The highest BCUT2D eigenvalue weighted by Gasteiger charge is 2.02. The molecule has 0 bridgehead atoms. The van der Waals surface area contributed by atoms with Gasteiger partial charge in [-0.05, 0) is 43.8 Å². The Kier molecular flexibility index (Phi) is 5.73. The van der Waals surface area contributed by atoms with E-state index in [0.717, 1.165) is 11.3 Å². The van der Waals surface area contributed by atoms with Crippen LogP contribution in [0.4, 0.5) is 0 Å². The summed E-state index contributed by atoms with van der Waals surface area (Å²) < 4.78 is 0. The number of nitrogens with one attached hydrogen (secondary N) is 1. The van der Waals surface area contributed by atoms with Gasteiger partial charge in [-0.3, -0.25) is 0 Å². The lowest BCUT2D eigenvalue weighted by Gasteiger charge is -2.11. The van der Waals surface area contributed by atoms with Gasteiger partial charge in [0, 0.05) is 16.5 Å². The summed E-state index contributed by atoms with van der Waals surface area (Å²) in [6.07, 6.45) is 0. The third kappa shape index (κ3) is 4.45. The molecule has 0 fully saturated rings. The number of hydrogen-bond donors (Lipinski definition) is 1. The fraction of sp³-hybridized carbons (Fsp3) is 0.222. The zero-order valence-electron chi connectivity index (χ0n) is 11.9. The van der Waals surface area contributed by atoms with Gasteiger partial charge in [0.15, 0.2) is 0 Å². The van der Waals surface area contributed by atoms with Crippen LogP contribution in [0.3, 0.4) is 0 Å². The first-order valence-electron chi connectivity index (χ1n) is 6.73. The zero-order chi connectivity index (χ0) is 14.2. The van der Waals surface area contributed by atoms with Crippen molar-refractivity contribution in [1.29, 1.82) is 0 Å². The molecular weight excluding hydrogens is 262 g/mol. The molecular formula is C18H19NS. The highest BCUT2D eigenvalue weighted by Crippen LogP contribution is 2.21. The minimum atomic E-state index is 0.381. The van der Waals surface area contributed by atoms with E-state index in [4.69, 9.17) is 0 Å². The van der Waals surface area contributed by atoms with E-state index in [2.05, 4.69) is 48.3 Å². The second-order valence-electron chi connectivity index (χ2n) is 4.54. The number of hydrogen-bond acceptors (Lipinski definition) is 2. The third-order valence-electron chi connectivity index (χ3n) is 3.11. The molecule has 0 aliphatic heterocycles. The predicted molar refractivity (Wildman–Crippen MR) is 88.0 cm³/mol. The predicted octanol–water partition coefficient (Wildman–Crippen LogP) is 4.11. The van der Waals surface area contributed by atoms with E-state index in [-0.39, 0.29) is 0 Å². The quantitative estimate of drug-likeness (QED) is 0.668. The van der Waals surface area contributed by atoms with Crippen molar-refractivity contribution in [3.8, 4) is 11.8 Å². The summed E-state index contributed by atoms with van der Waals surface area (Å²) in [5, 5.41) is 3.26. The van der Waals surface area contributed by atoms with E-state index in [1.165, 1.54) is 10.5 Å². The maximum Gasteiger partial charge on any atom is 0.0598 e. The van der Waals surface area contributed by atoms with Crippen molar-refractivity contribution in [3.05, 3.63) is 65.7 Å². The second kappa shape index (κ2) is 7.79. The van der Waals surface area contributed by atoms with E-state index in [1.54, 1.807) is 11.8 Å². The van der Waals surface area contributed by atoms with Crippen LogP contribution in [-0.4, -0.2) is 12.8 Å². The lowest BCUT2D eigenvalue weighted by Crippen LogP contribution is -2.11. The maximum atomic E-state index is 3.26. The van der Waals surface area contributed by atoms with Crippen molar-refractivity contribution in [2.45, 2.75) is 17.9 Å². The Labute approximate surface area is 125 Å². The van der Waals surface area contributed by atoms with Gasteiger partial charge < -0.3 is 5.32 Å². The Balaban J connectivity index is 1.93. The Morgan fingerprint density at radius 3 is 2.65 bits per heavy atom. The van der Waals surface area contributed by atoms with E-state index >= 15 is 0 Å². The van der Waals surface area contributed by atoms with Gasteiger partial charge in [0.05, 0.1) is 5.75 Å². The number of benzene rings is 2. The number of thioether (sulfide) groups is 1. The summed E-state index contributed by atoms with van der Waals surface area (Å²) >= 11 is 1.78. The van der Waals surface area contributed by atoms with Crippen molar-refractivity contribution in [2.24, 2.45) is 0 Å². The van der Waals surface area contributed by atoms with Gasteiger partial charge in [-0.15, -0.1) is 11.8 Å². The minimum absolute atomic E-state index is 0.381. The molecule has 0 saturated carbocycles. The monoisotopic (exact) mass is 281 g/mol. The third-order valence-corrected chi connectivity index (χ3v) is 3.98. The topological polar surface area (TPSA) is 12.0 Å². The van der Waals surface area contributed by atoms with Crippen molar-refractivity contribution in [1.82, 2.24) is 5.32 Å². The van der Waals surface area contributed by atoms with Crippen LogP contribution in [0.1, 0.15) is 24.1 Å². The van der Waals surface area contributed by atoms with Crippen molar-refractivity contribution < 1.29 is 0 Å². The van der Waals surface area contributed by atoms with Crippen LogP contribution in [0.25, 0.3) is 0 Å². The highest BCUT2D eigenvalue weighted by molar-refractivity contribution is 7.99. The molecule has 1 unspecified atom stereocenters. The first-order chi connectivity index (χ1) is 9.79. The molecule has 2 aromatic rings. The summed E-state index contributed by atoms with van der Waals surface area (Å²) in [6, 6.07) is 19.1. The molecule has 0 amide bonds. The Morgan fingerprint density at radius 2 is 1.90 bits per heavy atom. The first-order valence-corrected chi connectivity index (χ1v) is 7.72. The Morgan fingerprint density at radius 1 is 1.10 bits per heavy atom. The van der Waals surface area contributed by atoms with Crippen LogP contribution in [0, 0.1) is 11.8 Å². The molecule has 0 aliphatic rings. The summed E-state index contributed by atoms with van der Waals surface area (Å²) in [5.41, 5.74) is 2.39. The number of rotatable bonds is 4. The van der Waals surface area contributed by atoms with E-state index in [9.17, 15) is 0 Å². The van der Waals surface area contributed by atoms with Crippen LogP contribution in [0.2, 0.25) is 0 Å². The Bertz CT molecular complexity index is 596. The molecule has 0 heterocycles. The molecule has 0 spiro atoms. The van der Waals surface area contributed by atoms with Gasteiger partial charge in [-0.1, -0.05) is 42.2 Å². The summed E-state index contributed by atoms with van der Waals surface area (Å²) in [7, 11) is 1.98. The van der Waals surface area contributed by atoms with Gasteiger partial charge >= 0.3 is 0 Å². The summed E-state index contributed by atoms with van der Waals surface area (Å²) in [5.74, 6) is 7.20. The summed E-state index contributed by atoms with van der Waals surface area (Å²) in [4.78, 5) is 1.27. The van der Waals surface area contributed by atoms with Crippen LogP contribution >= 0.6 is 11.8 Å². The van der Waals surface area contributed by atoms with Crippen LogP contribution in [0.15, 0.2) is 59.5 Å². The largest absolute Gasteiger partial charge is 0.313 e. The SMILES string of the molecule is CNC(C)c1cccc(SCC#Cc2ccccc2)c1. The van der Waals surface area contributed by atoms with Gasteiger partial charge in [-0.25, -0.2) is 0 Å². The van der Waals surface area contributed by atoms with Gasteiger partial charge in [0.1, 0.15) is 0 Å². The lowest BCUT2D eigenvalue weighted by molar-refractivity contribution is 0.651. The average molecular weight is 281 g/mol. The maximum absolute atomic E-state index is 3.26. The molecule has 2 aromatic carbocycles. The standard InChI is InChI=1S/C18H19NS/c1-15(19-2)17-11-6-12-18(14-17)20-13-7-10-16-8-4-3-5-9-16/h3-6,8-9,11-12,14-15,19H,13H2,1-2H3. The van der Waals surface area contributed by atoms with Crippen molar-refractivity contribution >= 4 is 11.8 Å². The second-order valence-corrected chi connectivity index (χ2v) is 5.59. The molecule has 1 N–H and O–H groups in total. The highest BCUT2D eigenvalue weighted by atomic mass is 32.2. The smallest absolute Gasteiger partial charge is 0.0598 e. The summed E-state index contributed by atoms with van der Waals surface area (Å²) in [6.45, 7) is 2.17. The average Bonchev–Trinajstić information content (AvgIpc) is 2.52. The molecule has 1 nitrogen and oxygen atoms in total. The van der Waals surface area contributed by atoms with E-state index < -0.39 is 0 Å².